The molecule has 8 nitrogen and oxygen atoms in total. The van der Waals surface area contributed by atoms with Crippen LogP contribution in [0, 0.1) is 0 Å². The average molecular weight is 490 g/mol. The highest BCUT2D eigenvalue weighted by Crippen LogP contribution is 2.41. The number of carbonyl (C=O) groups is 3. The number of likely N-dealkylation sites (tertiary alicyclic amines) is 1. The van der Waals surface area contributed by atoms with E-state index in [1.165, 1.54) is 5.56 Å². The zero-order valence-corrected chi connectivity index (χ0v) is 20.3. The highest BCUT2D eigenvalue weighted by Gasteiger charge is 2.45. The quantitative estimate of drug-likeness (QED) is 0.500. The number of aromatic nitrogens is 1. The standard InChI is InChI=1S/C26H29N3O.C2H2O4/c1-2-25(30)29(23-13-7-4-8-14-23)26(24-15-9-10-18-27-24)16-19-28(20-17-26)21-22-11-5-3-6-12-22;3-1(4)2(5)6/h3-15,18H,2,16-17,19-21H2,1H3;(H,3,4)(H,5,6). The largest absolute Gasteiger partial charge is 0.473 e. The van der Waals surface area contributed by atoms with Crippen molar-refractivity contribution in [2.45, 2.75) is 38.3 Å². The van der Waals surface area contributed by atoms with Gasteiger partial charge < -0.3 is 15.1 Å². The van der Waals surface area contributed by atoms with Gasteiger partial charge in [0, 0.05) is 37.9 Å². The summed E-state index contributed by atoms with van der Waals surface area (Å²) >= 11 is 0. The number of hydrogen-bond donors (Lipinski definition) is 2. The van der Waals surface area contributed by atoms with Crippen LogP contribution in [0.1, 0.15) is 37.4 Å². The second-order valence-corrected chi connectivity index (χ2v) is 8.54. The highest BCUT2D eigenvalue weighted by atomic mass is 16.4. The molecular weight excluding hydrogens is 458 g/mol. The Morgan fingerprint density at radius 1 is 0.861 bits per heavy atom. The number of piperidine rings is 1. The molecule has 4 rings (SSSR count). The molecule has 2 heterocycles. The summed E-state index contributed by atoms with van der Waals surface area (Å²) in [5.41, 5.74) is 2.83. The molecule has 1 aliphatic heterocycles. The maximum absolute atomic E-state index is 13.2. The summed E-state index contributed by atoms with van der Waals surface area (Å²) in [5.74, 6) is -3.51. The maximum Gasteiger partial charge on any atom is 0.414 e. The second kappa shape index (κ2) is 12.6. The number of amides is 1. The molecule has 1 aliphatic rings. The van der Waals surface area contributed by atoms with Gasteiger partial charge in [-0.1, -0.05) is 61.5 Å². The van der Waals surface area contributed by atoms with Crippen LogP contribution in [0.25, 0.3) is 0 Å². The Hall–Kier alpha value is -4.04. The van der Waals surface area contributed by atoms with Crippen molar-refractivity contribution in [2.24, 2.45) is 0 Å². The first-order chi connectivity index (χ1) is 17.4. The van der Waals surface area contributed by atoms with E-state index >= 15 is 0 Å². The third-order valence-corrected chi connectivity index (χ3v) is 6.25. The summed E-state index contributed by atoms with van der Waals surface area (Å²) in [6, 6.07) is 26.7. The molecule has 2 aromatic carbocycles. The van der Waals surface area contributed by atoms with Crippen LogP contribution in [-0.4, -0.2) is 51.0 Å². The van der Waals surface area contributed by atoms with Crippen molar-refractivity contribution < 1.29 is 24.6 Å². The number of para-hydroxylation sites is 1. The van der Waals surface area contributed by atoms with Crippen LogP contribution in [0.15, 0.2) is 85.1 Å². The predicted molar refractivity (Wildman–Crippen MR) is 136 cm³/mol. The topological polar surface area (TPSA) is 111 Å². The minimum Gasteiger partial charge on any atom is -0.473 e. The molecule has 3 aromatic rings. The fraction of sp³-hybridized carbons (Fsp3) is 0.286. The monoisotopic (exact) mass is 489 g/mol. The summed E-state index contributed by atoms with van der Waals surface area (Å²) in [6.45, 7) is 4.72. The number of aliphatic carboxylic acids is 2. The van der Waals surface area contributed by atoms with Gasteiger partial charge in [-0.05, 0) is 42.7 Å². The van der Waals surface area contributed by atoms with E-state index in [2.05, 4.69) is 41.3 Å². The number of anilines is 1. The Morgan fingerprint density at radius 3 is 1.92 bits per heavy atom. The number of pyridine rings is 1. The molecule has 8 heteroatoms. The fourth-order valence-electron chi connectivity index (χ4n) is 4.52. The highest BCUT2D eigenvalue weighted by molar-refractivity contribution is 6.27. The molecule has 0 atom stereocenters. The predicted octanol–water partition coefficient (Wildman–Crippen LogP) is 4.17. The SMILES string of the molecule is CCC(=O)N(c1ccccc1)C1(c2ccccn2)CCN(Cc2ccccc2)CC1.O=C(O)C(=O)O. The van der Waals surface area contributed by atoms with Gasteiger partial charge in [0.2, 0.25) is 5.91 Å². The normalized spacial score (nSPS) is 14.7. The number of hydrogen-bond acceptors (Lipinski definition) is 5. The minimum absolute atomic E-state index is 0.142. The van der Waals surface area contributed by atoms with Crippen molar-refractivity contribution in [1.29, 1.82) is 0 Å². The Balaban J connectivity index is 0.000000538. The second-order valence-electron chi connectivity index (χ2n) is 8.54. The van der Waals surface area contributed by atoms with E-state index in [9.17, 15) is 4.79 Å². The molecular formula is C28H31N3O5. The zero-order valence-electron chi connectivity index (χ0n) is 20.3. The summed E-state index contributed by atoms with van der Waals surface area (Å²) in [6.07, 6.45) is 4.03. The van der Waals surface area contributed by atoms with Crippen LogP contribution >= 0.6 is 0 Å². The van der Waals surface area contributed by atoms with E-state index in [4.69, 9.17) is 24.8 Å². The van der Waals surface area contributed by atoms with E-state index in [0.29, 0.717) is 6.42 Å². The van der Waals surface area contributed by atoms with Crippen molar-refractivity contribution >= 4 is 23.5 Å². The molecule has 1 saturated heterocycles. The molecule has 1 fully saturated rings. The lowest BCUT2D eigenvalue weighted by Crippen LogP contribution is -2.56. The van der Waals surface area contributed by atoms with Crippen LogP contribution in [0.4, 0.5) is 5.69 Å². The van der Waals surface area contributed by atoms with Crippen molar-refractivity contribution in [3.63, 3.8) is 0 Å². The van der Waals surface area contributed by atoms with E-state index in [-0.39, 0.29) is 5.91 Å². The molecule has 0 unspecified atom stereocenters. The lowest BCUT2D eigenvalue weighted by Gasteiger charge is -2.48. The van der Waals surface area contributed by atoms with Crippen LogP contribution in [0.3, 0.4) is 0 Å². The smallest absolute Gasteiger partial charge is 0.414 e. The van der Waals surface area contributed by atoms with Gasteiger partial charge in [-0.3, -0.25) is 14.7 Å². The fourth-order valence-corrected chi connectivity index (χ4v) is 4.52. The van der Waals surface area contributed by atoms with Crippen molar-refractivity contribution in [2.75, 3.05) is 18.0 Å². The molecule has 36 heavy (non-hydrogen) atoms. The first kappa shape index (κ1) is 26.6. The third-order valence-electron chi connectivity index (χ3n) is 6.25. The number of carboxylic acids is 2. The van der Waals surface area contributed by atoms with Crippen LogP contribution in [-0.2, 0) is 26.5 Å². The van der Waals surface area contributed by atoms with Gasteiger partial charge in [0.25, 0.3) is 0 Å². The third kappa shape index (κ3) is 6.55. The van der Waals surface area contributed by atoms with Crippen LogP contribution in [0.5, 0.6) is 0 Å². The molecule has 1 aromatic heterocycles. The number of carboxylic acid groups (broad SMARTS) is 2. The van der Waals surface area contributed by atoms with Gasteiger partial charge >= 0.3 is 11.9 Å². The zero-order chi connectivity index (χ0) is 26.0. The lowest BCUT2D eigenvalue weighted by atomic mass is 9.81. The van der Waals surface area contributed by atoms with Crippen LogP contribution in [0.2, 0.25) is 0 Å². The Labute approximate surface area is 210 Å². The Bertz CT molecular complexity index is 1120. The average Bonchev–Trinajstić information content (AvgIpc) is 2.92. The summed E-state index contributed by atoms with van der Waals surface area (Å²) in [4.78, 5) is 40.7. The van der Waals surface area contributed by atoms with E-state index < -0.39 is 17.5 Å². The van der Waals surface area contributed by atoms with Gasteiger partial charge in [-0.25, -0.2) is 9.59 Å². The van der Waals surface area contributed by atoms with Gasteiger partial charge in [-0.15, -0.1) is 0 Å². The van der Waals surface area contributed by atoms with Crippen molar-refractivity contribution in [3.8, 4) is 0 Å². The number of carbonyl (C=O) groups excluding carboxylic acids is 1. The first-order valence-corrected chi connectivity index (χ1v) is 11.9. The number of nitrogens with zero attached hydrogens (tertiary/aromatic N) is 3. The molecule has 0 bridgehead atoms. The molecule has 0 spiro atoms. The summed E-state index contributed by atoms with van der Waals surface area (Å²) in [7, 11) is 0. The van der Waals surface area contributed by atoms with E-state index in [1.807, 2.05) is 60.5 Å². The number of rotatable bonds is 6. The minimum atomic E-state index is -1.82. The summed E-state index contributed by atoms with van der Waals surface area (Å²) < 4.78 is 0. The molecule has 0 saturated carbocycles. The van der Waals surface area contributed by atoms with E-state index in [0.717, 1.165) is 43.9 Å². The Kier molecular flexibility index (Phi) is 9.30. The maximum atomic E-state index is 13.2. The number of benzene rings is 2. The van der Waals surface area contributed by atoms with E-state index in [1.54, 1.807) is 0 Å². The molecule has 2 N–H and O–H groups in total. The van der Waals surface area contributed by atoms with Gasteiger partial charge in [0.1, 0.15) is 0 Å². The van der Waals surface area contributed by atoms with Crippen molar-refractivity contribution in [3.05, 3.63) is 96.3 Å². The van der Waals surface area contributed by atoms with Gasteiger partial charge in [-0.2, -0.15) is 0 Å². The van der Waals surface area contributed by atoms with Gasteiger partial charge in [0.05, 0.1) is 11.2 Å². The molecule has 0 aliphatic carbocycles. The van der Waals surface area contributed by atoms with Crippen molar-refractivity contribution in [1.82, 2.24) is 9.88 Å². The molecule has 0 radical (unpaired) electrons. The molecule has 1 amide bonds. The van der Waals surface area contributed by atoms with Gasteiger partial charge in [0.15, 0.2) is 0 Å². The molecule has 188 valence electrons. The lowest BCUT2D eigenvalue weighted by molar-refractivity contribution is -0.159. The Morgan fingerprint density at radius 2 is 1.42 bits per heavy atom. The van der Waals surface area contributed by atoms with Crippen LogP contribution < -0.4 is 4.90 Å². The first-order valence-electron chi connectivity index (χ1n) is 11.9. The summed E-state index contributed by atoms with van der Waals surface area (Å²) in [5, 5.41) is 14.8.